The Balaban J connectivity index is 1.93. The molecule has 2 amide bonds. The third-order valence-corrected chi connectivity index (χ3v) is 4.08. The summed E-state index contributed by atoms with van der Waals surface area (Å²) in [5.41, 5.74) is 2.15. The van der Waals surface area contributed by atoms with Gasteiger partial charge in [0.1, 0.15) is 0 Å². The Bertz CT molecular complexity index is 960. The minimum absolute atomic E-state index is 0.0634. The molecular weight excluding hydrogens is 384 g/mol. The number of carbonyl (C=O) groups excluding carboxylic acids is 4. The number of hydrogen-bond acceptors (Lipinski definition) is 5. The molecule has 0 fully saturated rings. The van der Waals surface area contributed by atoms with Gasteiger partial charge in [0, 0.05) is 28.6 Å². The van der Waals surface area contributed by atoms with E-state index in [4.69, 9.17) is 4.74 Å². The first-order valence-electron chi connectivity index (χ1n) is 9.49. The predicted molar refractivity (Wildman–Crippen MR) is 114 cm³/mol. The quantitative estimate of drug-likeness (QED) is 0.391. The summed E-state index contributed by atoms with van der Waals surface area (Å²) < 4.78 is 5.05. The molecule has 0 unspecified atom stereocenters. The summed E-state index contributed by atoms with van der Waals surface area (Å²) in [5, 5.41) is 5.30. The lowest BCUT2D eigenvalue weighted by atomic mass is 10.1. The van der Waals surface area contributed by atoms with Gasteiger partial charge in [0.25, 0.3) is 5.91 Å². The number of nitrogens with one attached hydrogen (secondary N) is 2. The molecular formula is C23H24N2O5. The maximum atomic E-state index is 12.2. The van der Waals surface area contributed by atoms with E-state index in [1.807, 2.05) is 6.92 Å². The molecule has 0 aliphatic carbocycles. The van der Waals surface area contributed by atoms with Crippen molar-refractivity contribution in [3.63, 3.8) is 0 Å². The summed E-state index contributed by atoms with van der Waals surface area (Å²) in [6.07, 6.45) is 1.92. The van der Waals surface area contributed by atoms with E-state index in [-0.39, 0.29) is 11.4 Å². The van der Waals surface area contributed by atoms with Crippen LogP contribution in [-0.2, 0) is 14.3 Å². The molecule has 30 heavy (non-hydrogen) atoms. The van der Waals surface area contributed by atoms with Gasteiger partial charge in [-0.3, -0.25) is 14.4 Å². The zero-order valence-electron chi connectivity index (χ0n) is 17.2. The fourth-order valence-electron chi connectivity index (χ4n) is 2.43. The van der Waals surface area contributed by atoms with Crippen LogP contribution in [0.5, 0.6) is 0 Å². The van der Waals surface area contributed by atoms with Gasteiger partial charge in [-0.15, -0.1) is 0 Å². The highest BCUT2D eigenvalue weighted by Crippen LogP contribution is 2.13. The monoisotopic (exact) mass is 408 g/mol. The van der Waals surface area contributed by atoms with Crippen molar-refractivity contribution < 1.29 is 23.9 Å². The van der Waals surface area contributed by atoms with Gasteiger partial charge >= 0.3 is 5.97 Å². The standard InChI is InChI=1S/C23H24N2O5/c1-4-13-30-23(29)18-7-11-19(12-8-18)24-21(27)14-15(2)22(28)25-20-9-5-17(6-10-20)16(3)26/h5-12,14H,4,13H2,1-3H3,(H,24,27)(H,25,28)/b15-14-. The summed E-state index contributed by atoms with van der Waals surface area (Å²) in [6.45, 7) is 5.24. The van der Waals surface area contributed by atoms with Crippen molar-refractivity contribution in [2.24, 2.45) is 0 Å². The maximum absolute atomic E-state index is 12.2. The number of carbonyl (C=O) groups is 4. The van der Waals surface area contributed by atoms with Gasteiger partial charge in [-0.2, -0.15) is 0 Å². The Kier molecular flexibility index (Phi) is 8.05. The van der Waals surface area contributed by atoms with Crippen LogP contribution in [0.2, 0.25) is 0 Å². The van der Waals surface area contributed by atoms with E-state index in [9.17, 15) is 19.2 Å². The Hall–Kier alpha value is -3.74. The third kappa shape index (κ3) is 6.70. The van der Waals surface area contributed by atoms with Crippen molar-refractivity contribution in [3.8, 4) is 0 Å². The van der Waals surface area contributed by atoms with Gasteiger partial charge in [-0.25, -0.2) is 4.79 Å². The van der Waals surface area contributed by atoms with E-state index < -0.39 is 17.8 Å². The zero-order valence-corrected chi connectivity index (χ0v) is 17.2. The van der Waals surface area contributed by atoms with Gasteiger partial charge in [0.2, 0.25) is 5.91 Å². The second kappa shape index (κ2) is 10.7. The van der Waals surface area contributed by atoms with Gasteiger partial charge in [0.05, 0.1) is 12.2 Å². The maximum Gasteiger partial charge on any atom is 0.338 e. The van der Waals surface area contributed by atoms with E-state index in [1.165, 1.54) is 19.9 Å². The molecule has 2 aromatic carbocycles. The number of rotatable bonds is 8. The second-order valence-electron chi connectivity index (χ2n) is 6.62. The lowest BCUT2D eigenvalue weighted by Crippen LogP contribution is -2.16. The molecule has 0 aliphatic rings. The Morgan fingerprint density at radius 2 is 1.37 bits per heavy atom. The van der Waals surface area contributed by atoms with Gasteiger partial charge in [-0.1, -0.05) is 6.92 Å². The summed E-state index contributed by atoms with van der Waals surface area (Å²) in [4.78, 5) is 47.5. The summed E-state index contributed by atoms with van der Waals surface area (Å²) >= 11 is 0. The fraction of sp³-hybridized carbons (Fsp3) is 0.217. The molecule has 2 rings (SSSR count). The third-order valence-electron chi connectivity index (χ3n) is 4.08. The lowest BCUT2D eigenvalue weighted by molar-refractivity contribution is -0.114. The van der Waals surface area contributed by atoms with Crippen LogP contribution in [-0.4, -0.2) is 30.2 Å². The Morgan fingerprint density at radius 3 is 1.90 bits per heavy atom. The van der Waals surface area contributed by atoms with E-state index in [2.05, 4.69) is 10.6 Å². The van der Waals surface area contributed by atoms with Crippen molar-refractivity contribution in [1.82, 2.24) is 0 Å². The Morgan fingerprint density at radius 1 is 0.833 bits per heavy atom. The highest BCUT2D eigenvalue weighted by molar-refractivity contribution is 6.10. The summed E-state index contributed by atoms with van der Waals surface area (Å²) in [7, 11) is 0. The molecule has 2 aromatic rings. The molecule has 7 heteroatoms. The molecule has 0 bridgehead atoms. The first kappa shape index (κ1) is 22.5. The van der Waals surface area contributed by atoms with Crippen molar-refractivity contribution in [1.29, 1.82) is 0 Å². The second-order valence-corrected chi connectivity index (χ2v) is 6.62. The molecule has 7 nitrogen and oxygen atoms in total. The highest BCUT2D eigenvalue weighted by Gasteiger charge is 2.10. The first-order valence-corrected chi connectivity index (χ1v) is 9.49. The smallest absolute Gasteiger partial charge is 0.338 e. The molecule has 156 valence electrons. The number of amides is 2. The number of ketones is 1. The van der Waals surface area contributed by atoms with Gasteiger partial charge in [-0.05, 0) is 68.8 Å². The van der Waals surface area contributed by atoms with E-state index in [1.54, 1.807) is 48.5 Å². The number of hydrogen-bond donors (Lipinski definition) is 2. The number of anilines is 2. The van der Waals surface area contributed by atoms with Crippen LogP contribution in [0.15, 0.2) is 60.2 Å². The summed E-state index contributed by atoms with van der Waals surface area (Å²) in [6, 6.07) is 12.8. The minimum atomic E-state index is -0.476. The Labute approximate surface area is 175 Å². The molecule has 2 N–H and O–H groups in total. The van der Waals surface area contributed by atoms with Crippen LogP contribution in [0.3, 0.4) is 0 Å². The average Bonchev–Trinajstić information content (AvgIpc) is 2.72. The molecule has 0 aliphatic heterocycles. The molecule has 0 aromatic heterocycles. The van der Waals surface area contributed by atoms with E-state index in [0.717, 1.165) is 6.42 Å². The number of esters is 1. The molecule has 0 saturated heterocycles. The van der Waals surface area contributed by atoms with E-state index >= 15 is 0 Å². The van der Waals surface area contributed by atoms with Gasteiger partial charge in [0.15, 0.2) is 5.78 Å². The number of benzene rings is 2. The molecule has 0 atom stereocenters. The molecule has 0 saturated carbocycles. The van der Waals surface area contributed by atoms with Crippen molar-refractivity contribution >= 4 is 34.9 Å². The largest absolute Gasteiger partial charge is 0.462 e. The number of Topliss-reactive ketones (excluding diaryl/α,β-unsaturated/α-hetero) is 1. The van der Waals surface area contributed by atoms with Crippen LogP contribution >= 0.6 is 0 Å². The van der Waals surface area contributed by atoms with Crippen LogP contribution in [0.4, 0.5) is 11.4 Å². The van der Waals surface area contributed by atoms with Crippen LogP contribution in [0, 0.1) is 0 Å². The first-order chi connectivity index (χ1) is 14.3. The van der Waals surface area contributed by atoms with Gasteiger partial charge < -0.3 is 15.4 Å². The molecule has 0 spiro atoms. The SMILES string of the molecule is CCCOC(=O)c1ccc(NC(=O)/C=C(/C)C(=O)Nc2ccc(C(C)=O)cc2)cc1. The number of ether oxygens (including phenoxy) is 1. The highest BCUT2D eigenvalue weighted by atomic mass is 16.5. The fourth-order valence-corrected chi connectivity index (χ4v) is 2.43. The van der Waals surface area contributed by atoms with Crippen LogP contribution in [0.1, 0.15) is 47.9 Å². The zero-order chi connectivity index (χ0) is 22.1. The normalized spacial score (nSPS) is 10.8. The van der Waals surface area contributed by atoms with Crippen LogP contribution < -0.4 is 10.6 Å². The lowest BCUT2D eigenvalue weighted by Gasteiger charge is -2.07. The van der Waals surface area contributed by atoms with Crippen molar-refractivity contribution in [3.05, 3.63) is 71.3 Å². The molecule has 0 heterocycles. The van der Waals surface area contributed by atoms with Crippen molar-refractivity contribution in [2.75, 3.05) is 17.2 Å². The van der Waals surface area contributed by atoms with Crippen LogP contribution in [0.25, 0.3) is 0 Å². The topological polar surface area (TPSA) is 102 Å². The summed E-state index contributed by atoms with van der Waals surface area (Å²) in [5.74, 6) is -1.39. The minimum Gasteiger partial charge on any atom is -0.462 e. The van der Waals surface area contributed by atoms with Crippen molar-refractivity contribution in [2.45, 2.75) is 27.2 Å². The van der Waals surface area contributed by atoms with E-state index in [0.29, 0.717) is 29.1 Å². The predicted octanol–water partition coefficient (Wildman–Crippen LogP) is 3.98. The average molecular weight is 408 g/mol. The molecule has 0 radical (unpaired) electrons.